The first kappa shape index (κ1) is 18.5. The number of amides is 1. The molecule has 0 bridgehead atoms. The van der Waals surface area contributed by atoms with Gasteiger partial charge in [-0.3, -0.25) is 0 Å². The summed E-state index contributed by atoms with van der Waals surface area (Å²) in [6, 6.07) is 0.412. The Labute approximate surface area is 139 Å². The molecule has 2 fully saturated rings. The number of carbonyl (C=O) groups is 1. The highest BCUT2D eigenvalue weighted by molar-refractivity contribution is 5.68. The lowest BCUT2D eigenvalue weighted by Crippen LogP contribution is -2.39. The van der Waals surface area contributed by atoms with Gasteiger partial charge in [0.25, 0.3) is 0 Å². The van der Waals surface area contributed by atoms with Gasteiger partial charge in [0.15, 0.2) is 5.79 Å². The summed E-state index contributed by atoms with van der Waals surface area (Å²) in [5, 5.41) is 3.57. The lowest BCUT2D eigenvalue weighted by molar-refractivity contribution is -0.137. The molecule has 6 heteroatoms. The number of hydrogen-bond acceptors (Lipinski definition) is 5. The summed E-state index contributed by atoms with van der Waals surface area (Å²) in [5.41, 5.74) is -0.437. The summed E-state index contributed by atoms with van der Waals surface area (Å²) < 4.78 is 16.9. The maximum atomic E-state index is 12.2. The molecule has 0 aromatic carbocycles. The summed E-state index contributed by atoms with van der Waals surface area (Å²) in [6.07, 6.45) is 2.90. The topological polar surface area (TPSA) is 60.0 Å². The lowest BCUT2D eigenvalue weighted by atomic mass is 10.1. The van der Waals surface area contributed by atoms with Crippen molar-refractivity contribution in [3.63, 3.8) is 0 Å². The predicted molar refractivity (Wildman–Crippen MR) is 88.4 cm³/mol. The molecule has 2 aliphatic heterocycles. The first-order chi connectivity index (χ1) is 10.6. The van der Waals surface area contributed by atoms with Crippen LogP contribution in [0.1, 0.15) is 53.9 Å². The normalized spacial score (nSPS) is 28.5. The largest absolute Gasteiger partial charge is 0.444 e. The first-order valence-corrected chi connectivity index (χ1v) is 8.68. The zero-order chi connectivity index (χ0) is 17.1. The van der Waals surface area contributed by atoms with Gasteiger partial charge in [-0.15, -0.1) is 0 Å². The number of ether oxygens (including phenoxy) is 3. The van der Waals surface area contributed by atoms with E-state index in [1.807, 2.05) is 39.5 Å². The van der Waals surface area contributed by atoms with Crippen LogP contribution in [0.2, 0.25) is 0 Å². The monoisotopic (exact) mass is 328 g/mol. The fourth-order valence-electron chi connectivity index (χ4n) is 2.97. The Hall–Kier alpha value is -0.850. The third kappa shape index (κ3) is 6.28. The molecule has 0 spiro atoms. The van der Waals surface area contributed by atoms with E-state index in [9.17, 15) is 4.79 Å². The molecular weight excluding hydrogens is 296 g/mol. The Morgan fingerprint density at radius 2 is 2.04 bits per heavy atom. The van der Waals surface area contributed by atoms with Crippen LogP contribution in [-0.4, -0.2) is 60.8 Å². The molecule has 2 saturated heterocycles. The second-order valence-corrected chi connectivity index (χ2v) is 7.95. The molecule has 0 aromatic rings. The third-order valence-corrected chi connectivity index (χ3v) is 4.08. The van der Waals surface area contributed by atoms with Crippen molar-refractivity contribution >= 4 is 6.09 Å². The maximum absolute atomic E-state index is 12.2. The lowest BCUT2D eigenvalue weighted by Gasteiger charge is -2.26. The van der Waals surface area contributed by atoms with Crippen LogP contribution in [0.25, 0.3) is 0 Å². The second kappa shape index (κ2) is 7.36. The summed E-state index contributed by atoms with van der Waals surface area (Å²) >= 11 is 0. The van der Waals surface area contributed by atoms with E-state index in [0.29, 0.717) is 12.6 Å². The number of rotatable bonds is 3. The van der Waals surface area contributed by atoms with Crippen molar-refractivity contribution in [1.29, 1.82) is 0 Å². The zero-order valence-electron chi connectivity index (χ0n) is 15.2. The fourth-order valence-corrected chi connectivity index (χ4v) is 2.97. The summed E-state index contributed by atoms with van der Waals surface area (Å²) in [7, 11) is 0. The SMILES string of the molecule is CC(C)(C)OC(=O)N1CCCC(NCC2COC(C)(C)O2)CC1. The quantitative estimate of drug-likeness (QED) is 0.862. The molecular formula is C17H32N2O4. The smallest absolute Gasteiger partial charge is 0.410 e. The van der Waals surface area contributed by atoms with E-state index in [1.54, 1.807) is 0 Å². The van der Waals surface area contributed by atoms with Gasteiger partial charge in [0, 0.05) is 25.7 Å². The van der Waals surface area contributed by atoms with Crippen LogP contribution in [-0.2, 0) is 14.2 Å². The molecule has 2 heterocycles. The number of likely N-dealkylation sites (tertiary alicyclic amines) is 1. The summed E-state index contributed by atoms with van der Waals surface area (Å²) in [6.45, 7) is 12.5. The van der Waals surface area contributed by atoms with E-state index in [2.05, 4.69) is 5.32 Å². The van der Waals surface area contributed by atoms with Crippen LogP contribution < -0.4 is 5.32 Å². The molecule has 2 aliphatic rings. The second-order valence-electron chi connectivity index (χ2n) is 7.95. The van der Waals surface area contributed by atoms with Gasteiger partial charge in [-0.05, 0) is 53.9 Å². The average Bonchev–Trinajstić information content (AvgIpc) is 2.62. The van der Waals surface area contributed by atoms with Gasteiger partial charge in [-0.1, -0.05) is 0 Å². The standard InChI is InChI=1S/C17H32N2O4/c1-16(2,3)23-15(20)19-9-6-7-13(8-10-19)18-11-14-12-21-17(4,5)22-14/h13-14,18H,6-12H2,1-5H3. The fraction of sp³-hybridized carbons (Fsp3) is 0.941. The van der Waals surface area contributed by atoms with Crippen LogP contribution in [0, 0.1) is 0 Å². The van der Waals surface area contributed by atoms with Gasteiger partial charge in [0.2, 0.25) is 0 Å². The number of nitrogens with zero attached hydrogens (tertiary/aromatic N) is 1. The average molecular weight is 328 g/mol. The van der Waals surface area contributed by atoms with Crippen molar-refractivity contribution in [2.45, 2.75) is 77.4 Å². The van der Waals surface area contributed by atoms with E-state index >= 15 is 0 Å². The van der Waals surface area contributed by atoms with Crippen molar-refractivity contribution in [2.24, 2.45) is 0 Å². The van der Waals surface area contributed by atoms with Gasteiger partial charge >= 0.3 is 6.09 Å². The van der Waals surface area contributed by atoms with E-state index in [-0.39, 0.29) is 12.2 Å². The molecule has 0 aromatic heterocycles. The minimum atomic E-state index is -0.469. The third-order valence-electron chi connectivity index (χ3n) is 4.08. The van der Waals surface area contributed by atoms with Gasteiger partial charge in [0.1, 0.15) is 5.60 Å². The van der Waals surface area contributed by atoms with Crippen LogP contribution in [0.3, 0.4) is 0 Å². The highest BCUT2D eigenvalue weighted by atomic mass is 16.7. The molecule has 1 amide bonds. The molecule has 134 valence electrons. The number of carbonyl (C=O) groups excluding carboxylic acids is 1. The van der Waals surface area contributed by atoms with Crippen molar-refractivity contribution in [3.05, 3.63) is 0 Å². The molecule has 23 heavy (non-hydrogen) atoms. The van der Waals surface area contributed by atoms with Crippen LogP contribution in [0.5, 0.6) is 0 Å². The molecule has 0 aliphatic carbocycles. The Balaban J connectivity index is 1.72. The van der Waals surface area contributed by atoms with Gasteiger partial charge < -0.3 is 24.4 Å². The van der Waals surface area contributed by atoms with Crippen molar-refractivity contribution < 1.29 is 19.0 Å². The molecule has 0 radical (unpaired) electrons. The molecule has 6 nitrogen and oxygen atoms in total. The minimum Gasteiger partial charge on any atom is -0.444 e. The van der Waals surface area contributed by atoms with E-state index in [4.69, 9.17) is 14.2 Å². The number of hydrogen-bond donors (Lipinski definition) is 1. The van der Waals surface area contributed by atoms with E-state index < -0.39 is 11.4 Å². The van der Waals surface area contributed by atoms with Gasteiger partial charge in [-0.25, -0.2) is 4.79 Å². The molecule has 0 saturated carbocycles. The van der Waals surface area contributed by atoms with Crippen LogP contribution >= 0.6 is 0 Å². The Morgan fingerprint density at radius 3 is 2.65 bits per heavy atom. The highest BCUT2D eigenvalue weighted by Crippen LogP contribution is 2.22. The van der Waals surface area contributed by atoms with Gasteiger partial charge in [-0.2, -0.15) is 0 Å². The van der Waals surface area contributed by atoms with E-state index in [1.165, 1.54) is 0 Å². The summed E-state index contributed by atoms with van der Waals surface area (Å²) in [5.74, 6) is -0.469. The minimum absolute atomic E-state index is 0.107. The van der Waals surface area contributed by atoms with Crippen molar-refractivity contribution in [2.75, 3.05) is 26.2 Å². The van der Waals surface area contributed by atoms with Crippen LogP contribution in [0.15, 0.2) is 0 Å². The Morgan fingerprint density at radius 1 is 1.30 bits per heavy atom. The zero-order valence-corrected chi connectivity index (χ0v) is 15.2. The Kier molecular flexibility index (Phi) is 5.92. The highest BCUT2D eigenvalue weighted by Gasteiger charge is 2.33. The van der Waals surface area contributed by atoms with Crippen LogP contribution in [0.4, 0.5) is 4.79 Å². The molecule has 2 atom stereocenters. The molecule has 1 N–H and O–H groups in total. The molecule has 2 rings (SSSR count). The predicted octanol–water partition coefficient (Wildman–Crippen LogP) is 2.52. The van der Waals surface area contributed by atoms with Gasteiger partial charge in [0.05, 0.1) is 12.7 Å². The summed E-state index contributed by atoms with van der Waals surface area (Å²) in [4.78, 5) is 14.0. The Bertz CT molecular complexity index is 406. The first-order valence-electron chi connectivity index (χ1n) is 8.68. The van der Waals surface area contributed by atoms with Crippen molar-refractivity contribution in [3.8, 4) is 0 Å². The number of nitrogens with one attached hydrogen (secondary N) is 1. The van der Waals surface area contributed by atoms with Crippen molar-refractivity contribution in [1.82, 2.24) is 10.2 Å². The maximum Gasteiger partial charge on any atom is 0.410 e. The molecule has 2 unspecified atom stereocenters. The van der Waals surface area contributed by atoms with E-state index in [0.717, 1.165) is 38.9 Å².